The van der Waals surface area contributed by atoms with Gasteiger partial charge in [-0.2, -0.15) is 0 Å². The summed E-state index contributed by atoms with van der Waals surface area (Å²) >= 11 is 5.84. The quantitative estimate of drug-likeness (QED) is 0.634. The molecule has 0 bridgehead atoms. The van der Waals surface area contributed by atoms with Gasteiger partial charge in [-0.25, -0.2) is 0 Å². The van der Waals surface area contributed by atoms with Crippen LogP contribution in [0.15, 0.2) is 24.3 Å². The summed E-state index contributed by atoms with van der Waals surface area (Å²) in [7, 11) is 0. The van der Waals surface area contributed by atoms with Crippen LogP contribution in [-0.4, -0.2) is 90.6 Å². The number of aliphatic carboxylic acids is 1. The number of carbonyl (C=O) groups excluding carboxylic acids is 1. The fraction of sp³-hybridized carbons (Fsp3) is 0.619. The molecule has 0 aliphatic carbocycles. The first-order valence-electron chi connectivity index (χ1n) is 10.4. The van der Waals surface area contributed by atoms with E-state index in [1.54, 1.807) is 24.3 Å². The zero-order chi connectivity index (χ0) is 20.6. The second-order valence-electron chi connectivity index (χ2n) is 7.99. The SMILES string of the molecule is O=C(C[C@H](CN1CCN(CCN2CCCC2)CC1)C(=O)O)Nc1ccc(Cl)cc1. The van der Waals surface area contributed by atoms with Crippen molar-refractivity contribution in [3.05, 3.63) is 29.3 Å². The lowest BCUT2D eigenvalue weighted by atomic mass is 10.0. The first-order valence-corrected chi connectivity index (χ1v) is 10.8. The van der Waals surface area contributed by atoms with Gasteiger partial charge in [-0.3, -0.25) is 19.4 Å². The molecule has 3 rings (SSSR count). The molecule has 1 aromatic carbocycles. The van der Waals surface area contributed by atoms with Crippen LogP contribution in [0.3, 0.4) is 0 Å². The molecule has 2 aliphatic rings. The van der Waals surface area contributed by atoms with Crippen molar-refractivity contribution >= 4 is 29.2 Å². The van der Waals surface area contributed by atoms with E-state index in [1.165, 1.54) is 25.9 Å². The zero-order valence-electron chi connectivity index (χ0n) is 16.9. The van der Waals surface area contributed by atoms with E-state index in [4.69, 9.17) is 11.6 Å². The first-order chi connectivity index (χ1) is 14.0. The minimum Gasteiger partial charge on any atom is -0.481 e. The lowest BCUT2D eigenvalue weighted by Crippen LogP contribution is -2.50. The van der Waals surface area contributed by atoms with E-state index in [9.17, 15) is 14.7 Å². The summed E-state index contributed by atoms with van der Waals surface area (Å²) in [5.41, 5.74) is 0.621. The first kappa shape index (κ1) is 22.0. The average molecular weight is 423 g/mol. The number of carbonyl (C=O) groups is 2. The maximum atomic E-state index is 12.3. The number of hydrogen-bond donors (Lipinski definition) is 2. The van der Waals surface area contributed by atoms with Gasteiger partial charge in [0.25, 0.3) is 0 Å². The molecule has 1 atom stereocenters. The van der Waals surface area contributed by atoms with Crippen molar-refractivity contribution < 1.29 is 14.7 Å². The number of likely N-dealkylation sites (tertiary alicyclic amines) is 1. The fourth-order valence-electron chi connectivity index (χ4n) is 4.00. The van der Waals surface area contributed by atoms with Gasteiger partial charge in [-0.05, 0) is 50.2 Å². The van der Waals surface area contributed by atoms with Gasteiger partial charge >= 0.3 is 5.97 Å². The highest BCUT2D eigenvalue weighted by atomic mass is 35.5. The molecule has 160 valence electrons. The molecule has 2 heterocycles. The van der Waals surface area contributed by atoms with Gasteiger partial charge in [-0.1, -0.05) is 11.6 Å². The zero-order valence-corrected chi connectivity index (χ0v) is 17.6. The Labute approximate surface area is 177 Å². The molecular weight excluding hydrogens is 392 g/mol. The Hall–Kier alpha value is -1.67. The van der Waals surface area contributed by atoms with E-state index in [2.05, 4.69) is 20.0 Å². The Balaban J connectivity index is 1.40. The second kappa shape index (κ2) is 10.9. The molecule has 29 heavy (non-hydrogen) atoms. The Morgan fingerprint density at radius 3 is 2.07 bits per heavy atom. The molecule has 1 aromatic rings. The number of anilines is 1. The van der Waals surface area contributed by atoms with Crippen LogP contribution in [0.2, 0.25) is 5.02 Å². The molecule has 0 unspecified atom stereocenters. The summed E-state index contributed by atoms with van der Waals surface area (Å²) in [6, 6.07) is 6.79. The summed E-state index contributed by atoms with van der Waals surface area (Å²) < 4.78 is 0. The summed E-state index contributed by atoms with van der Waals surface area (Å²) in [5.74, 6) is -1.92. The number of benzene rings is 1. The Morgan fingerprint density at radius 2 is 1.48 bits per heavy atom. The van der Waals surface area contributed by atoms with Gasteiger partial charge in [0.15, 0.2) is 0 Å². The second-order valence-corrected chi connectivity index (χ2v) is 8.42. The van der Waals surface area contributed by atoms with Crippen molar-refractivity contribution in [2.45, 2.75) is 19.3 Å². The highest BCUT2D eigenvalue weighted by molar-refractivity contribution is 6.30. The molecule has 2 N–H and O–H groups in total. The number of nitrogens with zero attached hydrogens (tertiary/aromatic N) is 3. The van der Waals surface area contributed by atoms with E-state index >= 15 is 0 Å². The minimum absolute atomic E-state index is 0.0346. The van der Waals surface area contributed by atoms with Crippen molar-refractivity contribution in [3.63, 3.8) is 0 Å². The van der Waals surface area contributed by atoms with Crippen LogP contribution in [0.4, 0.5) is 5.69 Å². The fourth-order valence-corrected chi connectivity index (χ4v) is 4.12. The number of carboxylic acids is 1. The van der Waals surface area contributed by atoms with E-state index in [0.717, 1.165) is 39.3 Å². The van der Waals surface area contributed by atoms with Gasteiger partial charge in [0.1, 0.15) is 0 Å². The monoisotopic (exact) mass is 422 g/mol. The van der Waals surface area contributed by atoms with E-state index in [-0.39, 0.29) is 12.3 Å². The van der Waals surface area contributed by atoms with Crippen LogP contribution < -0.4 is 5.32 Å². The summed E-state index contributed by atoms with van der Waals surface area (Å²) in [6.45, 7) is 8.67. The molecule has 0 spiro atoms. The van der Waals surface area contributed by atoms with Gasteiger partial charge in [0, 0.05) is 62.9 Å². The Morgan fingerprint density at radius 1 is 0.931 bits per heavy atom. The summed E-state index contributed by atoms with van der Waals surface area (Å²) in [4.78, 5) is 31.1. The third-order valence-corrected chi connectivity index (χ3v) is 6.04. The van der Waals surface area contributed by atoms with Gasteiger partial charge < -0.3 is 15.3 Å². The molecule has 0 saturated carbocycles. The number of carboxylic acid groups (broad SMARTS) is 1. The summed E-state index contributed by atoms with van der Waals surface area (Å²) in [5, 5.41) is 12.9. The maximum absolute atomic E-state index is 12.3. The number of hydrogen-bond acceptors (Lipinski definition) is 5. The van der Waals surface area contributed by atoms with E-state index in [1.807, 2.05) is 0 Å². The predicted molar refractivity (Wildman–Crippen MR) is 114 cm³/mol. The third kappa shape index (κ3) is 7.26. The van der Waals surface area contributed by atoms with Crippen LogP contribution >= 0.6 is 11.6 Å². The molecule has 1 amide bonds. The molecule has 8 heteroatoms. The van der Waals surface area contributed by atoms with Crippen molar-refractivity contribution in [3.8, 4) is 0 Å². The number of nitrogens with one attached hydrogen (secondary N) is 1. The number of piperazine rings is 1. The highest BCUT2D eigenvalue weighted by Crippen LogP contribution is 2.16. The van der Waals surface area contributed by atoms with E-state index in [0.29, 0.717) is 17.3 Å². The number of rotatable bonds is 9. The number of amides is 1. The summed E-state index contributed by atoms with van der Waals surface area (Å²) in [6.07, 6.45) is 2.60. The molecule has 2 fully saturated rings. The van der Waals surface area contributed by atoms with E-state index < -0.39 is 11.9 Å². The Kier molecular flexibility index (Phi) is 8.29. The number of halogens is 1. The molecule has 2 aliphatic heterocycles. The van der Waals surface area contributed by atoms with Crippen molar-refractivity contribution in [2.75, 3.05) is 64.2 Å². The van der Waals surface area contributed by atoms with Crippen LogP contribution in [0.1, 0.15) is 19.3 Å². The van der Waals surface area contributed by atoms with Gasteiger partial charge in [0.2, 0.25) is 5.91 Å². The normalized spacial score (nSPS) is 19.9. The van der Waals surface area contributed by atoms with Crippen LogP contribution in [-0.2, 0) is 9.59 Å². The molecule has 0 radical (unpaired) electrons. The largest absolute Gasteiger partial charge is 0.481 e. The molecular formula is C21H31ClN4O3. The average Bonchev–Trinajstić information content (AvgIpc) is 3.22. The third-order valence-electron chi connectivity index (χ3n) is 5.78. The molecule has 2 saturated heterocycles. The van der Waals surface area contributed by atoms with Crippen molar-refractivity contribution in [2.24, 2.45) is 5.92 Å². The standard InChI is InChI=1S/C21H31ClN4O3/c22-18-3-5-19(6-4-18)23-20(27)15-17(21(28)29)16-26-13-11-25(12-14-26)10-9-24-7-1-2-8-24/h3-6,17H,1-2,7-16H2,(H,23,27)(H,28,29)/t17-/m1/s1. The maximum Gasteiger partial charge on any atom is 0.308 e. The topological polar surface area (TPSA) is 76.1 Å². The van der Waals surface area contributed by atoms with Crippen LogP contribution in [0.5, 0.6) is 0 Å². The van der Waals surface area contributed by atoms with Gasteiger partial charge in [-0.15, -0.1) is 0 Å². The van der Waals surface area contributed by atoms with Crippen molar-refractivity contribution in [1.82, 2.24) is 14.7 Å². The Bertz CT molecular complexity index is 671. The smallest absolute Gasteiger partial charge is 0.308 e. The lowest BCUT2D eigenvalue weighted by Gasteiger charge is -2.36. The minimum atomic E-state index is -0.923. The van der Waals surface area contributed by atoms with Crippen LogP contribution in [0.25, 0.3) is 0 Å². The highest BCUT2D eigenvalue weighted by Gasteiger charge is 2.26. The van der Waals surface area contributed by atoms with Crippen molar-refractivity contribution in [1.29, 1.82) is 0 Å². The van der Waals surface area contributed by atoms with Gasteiger partial charge in [0.05, 0.1) is 5.92 Å². The molecule has 0 aromatic heterocycles. The predicted octanol–water partition coefficient (Wildman–Crippen LogP) is 2.08. The lowest BCUT2D eigenvalue weighted by molar-refractivity contribution is -0.144. The van der Waals surface area contributed by atoms with Crippen LogP contribution in [0, 0.1) is 5.92 Å². The molecule has 7 nitrogen and oxygen atoms in total.